The van der Waals surface area contributed by atoms with Crippen LogP contribution in [0.4, 0.5) is 0 Å². The summed E-state index contributed by atoms with van der Waals surface area (Å²) >= 11 is 0. The number of rotatable bonds is 5. The Morgan fingerprint density at radius 1 is 1.33 bits per heavy atom. The zero-order valence-electron chi connectivity index (χ0n) is 15.8. The van der Waals surface area contributed by atoms with Crippen LogP contribution in [0.5, 0.6) is 0 Å². The van der Waals surface area contributed by atoms with Gasteiger partial charge in [-0.25, -0.2) is 0 Å². The van der Waals surface area contributed by atoms with Gasteiger partial charge < -0.3 is 9.88 Å². The van der Waals surface area contributed by atoms with Crippen LogP contribution in [-0.4, -0.2) is 20.7 Å². The van der Waals surface area contributed by atoms with Crippen LogP contribution in [0.3, 0.4) is 0 Å². The van der Waals surface area contributed by atoms with Crippen molar-refractivity contribution < 1.29 is 4.79 Å². The first kappa shape index (κ1) is 17.2. The summed E-state index contributed by atoms with van der Waals surface area (Å²) in [6.07, 6.45) is 4.35. The van der Waals surface area contributed by atoms with Crippen LogP contribution >= 0.6 is 0 Å². The van der Waals surface area contributed by atoms with E-state index in [1.54, 1.807) is 0 Å². The summed E-state index contributed by atoms with van der Waals surface area (Å²) in [6, 6.07) is -0.0689. The summed E-state index contributed by atoms with van der Waals surface area (Å²) in [5.41, 5.74) is 1.31. The van der Waals surface area contributed by atoms with Crippen molar-refractivity contribution in [2.24, 2.45) is 23.2 Å². The molecular formula is C19H30N4O. The van der Waals surface area contributed by atoms with E-state index in [1.165, 1.54) is 5.57 Å². The molecule has 1 fully saturated rings. The van der Waals surface area contributed by atoms with Gasteiger partial charge in [0.2, 0.25) is 5.91 Å². The molecule has 0 radical (unpaired) electrons. The van der Waals surface area contributed by atoms with Crippen LogP contribution in [0.25, 0.3) is 0 Å². The molecule has 1 aromatic heterocycles. The molecule has 5 heteroatoms. The highest BCUT2D eigenvalue weighted by Gasteiger charge is 2.60. The Morgan fingerprint density at radius 3 is 2.67 bits per heavy atom. The molecule has 3 rings (SSSR count). The standard InChI is InChI=1S/C19H30N4O/c1-11(2)10-13-15(19(13,5)6)18(24)20-16(12(3)4)17-22-21-14-8-7-9-23(14)17/h10,12-13,15-16H,7-9H2,1-6H3,(H,20,24)/t13-,15+,16+/m1/s1. The van der Waals surface area contributed by atoms with Gasteiger partial charge in [0.1, 0.15) is 5.82 Å². The Hall–Kier alpha value is -1.65. The molecule has 0 spiro atoms. The minimum absolute atomic E-state index is 0.0374. The van der Waals surface area contributed by atoms with E-state index in [2.05, 4.69) is 67.7 Å². The molecule has 0 aromatic carbocycles. The molecule has 1 saturated carbocycles. The zero-order chi connectivity index (χ0) is 17.6. The second-order valence-corrected chi connectivity index (χ2v) is 8.53. The van der Waals surface area contributed by atoms with Crippen molar-refractivity contribution in [1.29, 1.82) is 0 Å². The minimum atomic E-state index is -0.0689. The first-order valence-corrected chi connectivity index (χ1v) is 9.11. The fraction of sp³-hybridized carbons (Fsp3) is 0.737. The molecule has 3 atom stereocenters. The van der Waals surface area contributed by atoms with Crippen molar-refractivity contribution in [3.63, 3.8) is 0 Å². The third-order valence-corrected chi connectivity index (χ3v) is 5.59. The highest BCUT2D eigenvalue weighted by molar-refractivity contribution is 5.84. The topological polar surface area (TPSA) is 59.8 Å². The zero-order valence-corrected chi connectivity index (χ0v) is 15.8. The second-order valence-electron chi connectivity index (χ2n) is 8.53. The van der Waals surface area contributed by atoms with E-state index in [-0.39, 0.29) is 29.2 Å². The van der Waals surface area contributed by atoms with Crippen molar-refractivity contribution in [1.82, 2.24) is 20.1 Å². The maximum atomic E-state index is 12.9. The molecule has 1 N–H and O–H groups in total. The molecule has 24 heavy (non-hydrogen) atoms. The first-order valence-electron chi connectivity index (χ1n) is 9.11. The van der Waals surface area contributed by atoms with Gasteiger partial charge in [-0.05, 0) is 37.5 Å². The predicted octanol–water partition coefficient (Wildman–Crippen LogP) is 3.28. The number of amides is 1. The average molecular weight is 330 g/mol. The number of nitrogens with zero attached hydrogens (tertiary/aromatic N) is 3. The Labute approximate surface area is 144 Å². The van der Waals surface area contributed by atoms with Crippen molar-refractivity contribution in [3.8, 4) is 0 Å². The summed E-state index contributed by atoms with van der Waals surface area (Å²) in [7, 11) is 0. The Balaban J connectivity index is 1.77. The van der Waals surface area contributed by atoms with Gasteiger partial charge >= 0.3 is 0 Å². The van der Waals surface area contributed by atoms with Gasteiger partial charge in [-0.2, -0.15) is 0 Å². The van der Waals surface area contributed by atoms with Crippen LogP contribution < -0.4 is 5.32 Å². The molecule has 132 valence electrons. The van der Waals surface area contributed by atoms with Crippen LogP contribution in [0, 0.1) is 23.2 Å². The maximum absolute atomic E-state index is 12.9. The quantitative estimate of drug-likeness (QED) is 0.843. The summed E-state index contributed by atoms with van der Waals surface area (Å²) in [6.45, 7) is 13.8. The van der Waals surface area contributed by atoms with Crippen molar-refractivity contribution >= 4 is 5.91 Å². The van der Waals surface area contributed by atoms with Gasteiger partial charge in [-0.1, -0.05) is 39.3 Å². The van der Waals surface area contributed by atoms with Crippen molar-refractivity contribution in [2.45, 2.75) is 67.0 Å². The third kappa shape index (κ3) is 2.89. The van der Waals surface area contributed by atoms with E-state index in [1.807, 2.05) is 0 Å². The molecule has 1 aliphatic heterocycles. The Kier molecular flexibility index (Phi) is 4.30. The Bertz CT molecular complexity index is 667. The monoisotopic (exact) mass is 330 g/mol. The maximum Gasteiger partial charge on any atom is 0.224 e. The number of carbonyl (C=O) groups is 1. The summed E-state index contributed by atoms with van der Waals surface area (Å²) in [5, 5.41) is 12.0. The molecule has 0 saturated heterocycles. The molecule has 2 heterocycles. The molecule has 0 unspecified atom stereocenters. The van der Waals surface area contributed by atoms with Crippen LogP contribution in [0.15, 0.2) is 11.6 Å². The molecule has 0 bridgehead atoms. The van der Waals surface area contributed by atoms with E-state index in [4.69, 9.17) is 0 Å². The number of nitrogens with one attached hydrogen (secondary N) is 1. The largest absolute Gasteiger partial charge is 0.346 e. The highest BCUT2D eigenvalue weighted by atomic mass is 16.2. The fourth-order valence-electron chi connectivity index (χ4n) is 4.02. The number of aromatic nitrogens is 3. The van der Waals surface area contributed by atoms with Crippen LogP contribution in [-0.2, 0) is 17.8 Å². The highest BCUT2D eigenvalue weighted by Crippen LogP contribution is 2.59. The van der Waals surface area contributed by atoms with Gasteiger partial charge in [0.25, 0.3) is 0 Å². The Morgan fingerprint density at radius 2 is 2.04 bits per heavy atom. The number of aryl methyl sites for hydroxylation is 1. The summed E-state index contributed by atoms with van der Waals surface area (Å²) in [5.74, 6) is 2.79. The lowest BCUT2D eigenvalue weighted by Crippen LogP contribution is -2.35. The lowest BCUT2D eigenvalue weighted by molar-refractivity contribution is -0.124. The van der Waals surface area contributed by atoms with E-state index in [0.29, 0.717) is 5.92 Å². The molecule has 1 aromatic rings. The number of carbonyl (C=O) groups excluding carboxylic acids is 1. The number of hydrogen-bond acceptors (Lipinski definition) is 3. The third-order valence-electron chi connectivity index (χ3n) is 5.59. The fourth-order valence-corrected chi connectivity index (χ4v) is 4.02. The second kappa shape index (κ2) is 6.01. The van der Waals surface area contributed by atoms with E-state index < -0.39 is 0 Å². The normalized spacial score (nSPS) is 25.3. The lowest BCUT2D eigenvalue weighted by atomic mass is 10.0. The molecule has 2 aliphatic rings. The smallest absolute Gasteiger partial charge is 0.224 e. The number of allylic oxidation sites excluding steroid dienone is 2. The van der Waals surface area contributed by atoms with Crippen LogP contribution in [0.2, 0.25) is 0 Å². The molecule has 5 nitrogen and oxygen atoms in total. The van der Waals surface area contributed by atoms with Gasteiger partial charge in [-0.15, -0.1) is 10.2 Å². The summed E-state index contributed by atoms with van der Waals surface area (Å²) < 4.78 is 2.19. The first-order chi connectivity index (χ1) is 11.2. The number of hydrogen-bond donors (Lipinski definition) is 1. The van der Waals surface area contributed by atoms with Gasteiger partial charge in [0, 0.05) is 13.0 Å². The molecule has 1 aliphatic carbocycles. The number of fused-ring (bicyclic) bond motifs is 1. The van der Waals surface area contributed by atoms with Crippen molar-refractivity contribution in [2.75, 3.05) is 0 Å². The van der Waals surface area contributed by atoms with E-state index >= 15 is 0 Å². The molecular weight excluding hydrogens is 300 g/mol. The van der Waals surface area contributed by atoms with Gasteiger partial charge in [-0.3, -0.25) is 4.79 Å². The minimum Gasteiger partial charge on any atom is -0.346 e. The van der Waals surface area contributed by atoms with E-state index in [9.17, 15) is 4.79 Å². The van der Waals surface area contributed by atoms with Crippen LogP contribution in [0.1, 0.15) is 65.7 Å². The average Bonchev–Trinajstić information content (AvgIpc) is 2.87. The van der Waals surface area contributed by atoms with E-state index in [0.717, 1.165) is 31.0 Å². The SMILES string of the molecule is CC(C)=C[C@@H]1[C@@H](C(=O)N[C@H](c2nnc3n2CCC3)C(C)C)C1(C)C. The predicted molar refractivity (Wildman–Crippen MR) is 94.3 cm³/mol. The summed E-state index contributed by atoms with van der Waals surface area (Å²) in [4.78, 5) is 12.9. The van der Waals surface area contributed by atoms with Crippen molar-refractivity contribution in [3.05, 3.63) is 23.3 Å². The van der Waals surface area contributed by atoms with Gasteiger partial charge in [0.05, 0.1) is 12.0 Å². The lowest BCUT2D eigenvalue weighted by Gasteiger charge is -2.22. The van der Waals surface area contributed by atoms with Gasteiger partial charge in [0.15, 0.2) is 5.82 Å². The molecule has 1 amide bonds.